The van der Waals surface area contributed by atoms with Crippen LogP contribution in [0.5, 0.6) is 0 Å². The number of aliphatic hydroxyl groups excluding tert-OH is 2. The zero-order valence-electron chi connectivity index (χ0n) is 14.3. The van der Waals surface area contributed by atoms with E-state index >= 15 is 0 Å². The lowest BCUT2D eigenvalue weighted by atomic mass is 9.95. The van der Waals surface area contributed by atoms with E-state index in [-0.39, 0.29) is 6.61 Å². The molecule has 0 aromatic rings. The SMILES string of the molecule is CCCCCCCCCCCCCCC(O)C(C)(O)CO. The Bertz CT molecular complexity index is 217. The van der Waals surface area contributed by atoms with E-state index in [0.29, 0.717) is 6.42 Å². The summed E-state index contributed by atoms with van der Waals surface area (Å²) in [6, 6.07) is 0. The first-order valence-electron chi connectivity index (χ1n) is 9.06. The molecule has 0 saturated heterocycles. The molecule has 0 aliphatic heterocycles. The molecule has 3 nitrogen and oxygen atoms in total. The van der Waals surface area contributed by atoms with Crippen molar-refractivity contribution in [2.24, 2.45) is 0 Å². The van der Waals surface area contributed by atoms with Gasteiger partial charge in [-0.3, -0.25) is 0 Å². The minimum Gasteiger partial charge on any atom is -0.393 e. The van der Waals surface area contributed by atoms with Crippen molar-refractivity contribution in [1.29, 1.82) is 0 Å². The molecule has 0 bridgehead atoms. The summed E-state index contributed by atoms with van der Waals surface area (Å²) < 4.78 is 0. The van der Waals surface area contributed by atoms with Gasteiger partial charge in [-0.2, -0.15) is 0 Å². The topological polar surface area (TPSA) is 60.7 Å². The van der Waals surface area contributed by atoms with E-state index in [9.17, 15) is 10.2 Å². The highest BCUT2D eigenvalue weighted by molar-refractivity contribution is 4.80. The molecular formula is C18H38O3. The molecule has 2 atom stereocenters. The summed E-state index contributed by atoms with van der Waals surface area (Å²) in [5.74, 6) is 0. The second kappa shape index (κ2) is 13.5. The van der Waals surface area contributed by atoms with Crippen LogP contribution >= 0.6 is 0 Å². The zero-order valence-corrected chi connectivity index (χ0v) is 14.3. The molecule has 2 unspecified atom stereocenters. The minimum atomic E-state index is -1.35. The fourth-order valence-corrected chi connectivity index (χ4v) is 2.60. The summed E-state index contributed by atoms with van der Waals surface area (Å²) in [7, 11) is 0. The first-order chi connectivity index (χ1) is 10.0. The van der Waals surface area contributed by atoms with Crippen LogP contribution in [0.15, 0.2) is 0 Å². The average molecular weight is 302 g/mol. The molecular weight excluding hydrogens is 264 g/mol. The van der Waals surface area contributed by atoms with Gasteiger partial charge < -0.3 is 15.3 Å². The molecule has 0 amide bonds. The van der Waals surface area contributed by atoms with Crippen LogP contribution in [0.4, 0.5) is 0 Å². The lowest BCUT2D eigenvalue weighted by Gasteiger charge is -2.26. The maximum absolute atomic E-state index is 9.73. The van der Waals surface area contributed by atoms with Crippen LogP contribution in [0.25, 0.3) is 0 Å². The van der Waals surface area contributed by atoms with Gasteiger partial charge in [0.25, 0.3) is 0 Å². The lowest BCUT2D eigenvalue weighted by molar-refractivity contribution is -0.0951. The normalized spacial score (nSPS) is 15.9. The maximum Gasteiger partial charge on any atom is 0.111 e. The molecule has 0 rings (SSSR count). The summed E-state index contributed by atoms with van der Waals surface area (Å²) in [4.78, 5) is 0. The second-order valence-electron chi connectivity index (χ2n) is 6.71. The standard InChI is InChI=1S/C18H38O3/c1-3-4-5-6-7-8-9-10-11-12-13-14-15-17(20)18(2,21)16-19/h17,19-21H,3-16H2,1-2H3. The smallest absolute Gasteiger partial charge is 0.111 e. The van der Waals surface area contributed by atoms with E-state index in [0.717, 1.165) is 12.8 Å². The first-order valence-corrected chi connectivity index (χ1v) is 9.06. The second-order valence-corrected chi connectivity index (χ2v) is 6.71. The monoisotopic (exact) mass is 302 g/mol. The van der Waals surface area contributed by atoms with E-state index < -0.39 is 11.7 Å². The van der Waals surface area contributed by atoms with Crippen molar-refractivity contribution < 1.29 is 15.3 Å². The molecule has 3 N–H and O–H groups in total. The molecule has 3 heteroatoms. The van der Waals surface area contributed by atoms with Crippen molar-refractivity contribution in [3.63, 3.8) is 0 Å². The molecule has 0 fully saturated rings. The van der Waals surface area contributed by atoms with Crippen LogP contribution in [0.1, 0.15) is 97.3 Å². The molecule has 0 aliphatic carbocycles. The maximum atomic E-state index is 9.73. The summed E-state index contributed by atoms with van der Waals surface area (Å²) in [5, 5.41) is 28.3. The van der Waals surface area contributed by atoms with Gasteiger partial charge in [-0.15, -0.1) is 0 Å². The van der Waals surface area contributed by atoms with Gasteiger partial charge in [-0.1, -0.05) is 84.0 Å². The van der Waals surface area contributed by atoms with Crippen LogP contribution in [0, 0.1) is 0 Å². The van der Waals surface area contributed by atoms with Gasteiger partial charge in [0.1, 0.15) is 5.60 Å². The Labute approximate surface area is 131 Å². The number of hydrogen-bond acceptors (Lipinski definition) is 3. The van der Waals surface area contributed by atoms with E-state index in [1.165, 1.54) is 71.1 Å². The van der Waals surface area contributed by atoms with Gasteiger partial charge in [0.05, 0.1) is 12.7 Å². The van der Waals surface area contributed by atoms with Crippen molar-refractivity contribution in [1.82, 2.24) is 0 Å². The van der Waals surface area contributed by atoms with Crippen molar-refractivity contribution in [3.8, 4) is 0 Å². The summed E-state index contributed by atoms with van der Waals surface area (Å²) in [5.41, 5.74) is -1.35. The van der Waals surface area contributed by atoms with E-state index in [4.69, 9.17) is 5.11 Å². The Morgan fingerprint density at radius 3 is 1.52 bits per heavy atom. The fourth-order valence-electron chi connectivity index (χ4n) is 2.60. The highest BCUT2D eigenvalue weighted by Gasteiger charge is 2.28. The molecule has 0 saturated carbocycles. The molecule has 0 aromatic heterocycles. The quantitative estimate of drug-likeness (QED) is 0.398. The molecule has 0 radical (unpaired) electrons. The Morgan fingerprint density at radius 1 is 0.762 bits per heavy atom. The number of rotatable bonds is 15. The molecule has 0 aliphatic rings. The third kappa shape index (κ3) is 12.1. The summed E-state index contributed by atoms with van der Waals surface area (Å²) >= 11 is 0. The van der Waals surface area contributed by atoms with Gasteiger partial charge >= 0.3 is 0 Å². The molecule has 0 spiro atoms. The van der Waals surface area contributed by atoms with Gasteiger partial charge in [0.15, 0.2) is 0 Å². The average Bonchev–Trinajstić information content (AvgIpc) is 2.48. The van der Waals surface area contributed by atoms with Crippen LogP contribution < -0.4 is 0 Å². The van der Waals surface area contributed by atoms with Gasteiger partial charge in [0.2, 0.25) is 0 Å². The Hall–Kier alpha value is -0.120. The minimum absolute atomic E-state index is 0.383. The fraction of sp³-hybridized carbons (Fsp3) is 1.00. The molecule has 128 valence electrons. The Kier molecular flexibility index (Phi) is 13.5. The van der Waals surface area contributed by atoms with Crippen molar-refractivity contribution in [3.05, 3.63) is 0 Å². The van der Waals surface area contributed by atoms with Gasteiger partial charge in [-0.05, 0) is 13.3 Å². The third-order valence-electron chi connectivity index (χ3n) is 4.37. The van der Waals surface area contributed by atoms with Gasteiger partial charge in [-0.25, -0.2) is 0 Å². The third-order valence-corrected chi connectivity index (χ3v) is 4.37. The number of unbranched alkanes of at least 4 members (excludes halogenated alkanes) is 11. The van der Waals surface area contributed by atoms with E-state index in [2.05, 4.69) is 6.92 Å². The van der Waals surface area contributed by atoms with E-state index in [1.807, 2.05) is 0 Å². The van der Waals surface area contributed by atoms with Crippen LogP contribution in [-0.2, 0) is 0 Å². The number of aliphatic hydroxyl groups is 3. The summed E-state index contributed by atoms with van der Waals surface area (Å²) in [6.07, 6.45) is 15.2. The highest BCUT2D eigenvalue weighted by atomic mass is 16.4. The van der Waals surface area contributed by atoms with Crippen LogP contribution in [0.3, 0.4) is 0 Å². The van der Waals surface area contributed by atoms with Crippen LogP contribution in [0.2, 0.25) is 0 Å². The number of hydrogen-bond donors (Lipinski definition) is 3. The van der Waals surface area contributed by atoms with Crippen molar-refractivity contribution in [2.75, 3.05) is 6.61 Å². The lowest BCUT2D eigenvalue weighted by Crippen LogP contribution is -2.42. The predicted molar refractivity (Wildman–Crippen MR) is 89.4 cm³/mol. The molecule has 21 heavy (non-hydrogen) atoms. The zero-order chi connectivity index (χ0) is 16.0. The van der Waals surface area contributed by atoms with E-state index in [1.54, 1.807) is 0 Å². The largest absolute Gasteiger partial charge is 0.393 e. The molecule has 0 aromatic carbocycles. The summed E-state index contributed by atoms with van der Waals surface area (Å²) in [6.45, 7) is 3.36. The molecule has 0 heterocycles. The first kappa shape index (κ1) is 20.9. The van der Waals surface area contributed by atoms with Crippen molar-refractivity contribution in [2.45, 2.75) is 109 Å². The Morgan fingerprint density at radius 2 is 1.14 bits per heavy atom. The van der Waals surface area contributed by atoms with Gasteiger partial charge in [0, 0.05) is 0 Å². The Balaban J connectivity index is 3.23. The van der Waals surface area contributed by atoms with Crippen LogP contribution in [-0.4, -0.2) is 33.6 Å². The van der Waals surface area contributed by atoms with Crippen molar-refractivity contribution >= 4 is 0 Å². The highest BCUT2D eigenvalue weighted by Crippen LogP contribution is 2.17. The predicted octanol–water partition coefficient (Wildman–Crippen LogP) is 4.18.